The maximum absolute atomic E-state index is 12.7. The van der Waals surface area contributed by atoms with Crippen molar-refractivity contribution in [1.82, 2.24) is 0 Å². The second-order valence-electron chi connectivity index (χ2n) is 16.4. The van der Waals surface area contributed by atoms with Crippen LogP contribution in [-0.2, 0) is 32.7 Å². The topological polar surface area (TPSA) is 152 Å². The zero-order chi connectivity index (χ0) is 43.2. The van der Waals surface area contributed by atoms with Crippen LogP contribution in [0.3, 0.4) is 0 Å². The number of carbonyl (C=O) groups is 2. The molecular formula is C46H84NO10P. The molecule has 1 unspecified atom stereocenters. The van der Waals surface area contributed by atoms with Crippen LogP contribution in [0.1, 0.15) is 168 Å². The van der Waals surface area contributed by atoms with E-state index < -0.39 is 44.7 Å². The van der Waals surface area contributed by atoms with Crippen molar-refractivity contribution in [3.63, 3.8) is 0 Å². The Labute approximate surface area is 353 Å². The highest BCUT2D eigenvalue weighted by molar-refractivity contribution is 7.45. The minimum absolute atomic E-state index is 0.0667. The lowest BCUT2D eigenvalue weighted by atomic mass is 10.0. The molecule has 12 heteroatoms. The fourth-order valence-electron chi connectivity index (χ4n) is 5.81. The Morgan fingerprint density at radius 2 is 1.14 bits per heavy atom. The SMILES string of the molecule is CCCCC/C=C\C[C@@H](O)[C@H](O)CCCCCCCC(=O)OC[C@H](COP(=O)([O-])OCC[N+](C)(C)C)OC(=O)CCC/C=C\C/C=C\C/C=C\CCCCCCCC. The number of unbranched alkanes of at least 4 members (excludes halogenated alkanes) is 14. The molecule has 0 aromatic carbocycles. The molecule has 338 valence electrons. The number of nitrogens with zero attached hydrogens (tertiary/aromatic N) is 1. The third kappa shape index (κ3) is 39.4. The van der Waals surface area contributed by atoms with Crippen LogP contribution in [0.5, 0.6) is 0 Å². The van der Waals surface area contributed by atoms with Crippen LogP contribution < -0.4 is 4.89 Å². The molecule has 0 spiro atoms. The normalized spacial score (nSPS) is 15.1. The Bertz CT molecular complexity index is 1170. The second kappa shape index (κ2) is 37.9. The summed E-state index contributed by atoms with van der Waals surface area (Å²) in [4.78, 5) is 37.5. The number of hydrogen-bond acceptors (Lipinski definition) is 10. The van der Waals surface area contributed by atoms with E-state index in [1.807, 2.05) is 33.3 Å². The lowest BCUT2D eigenvalue weighted by Crippen LogP contribution is -2.37. The van der Waals surface area contributed by atoms with Gasteiger partial charge >= 0.3 is 11.9 Å². The van der Waals surface area contributed by atoms with Crippen LogP contribution in [-0.4, -0.2) is 92.5 Å². The van der Waals surface area contributed by atoms with Crippen LogP contribution in [0.4, 0.5) is 0 Å². The number of quaternary nitrogens is 1. The number of aliphatic hydroxyl groups excluding tert-OH is 2. The summed E-state index contributed by atoms with van der Waals surface area (Å²) in [6.45, 7) is 3.91. The van der Waals surface area contributed by atoms with Crippen molar-refractivity contribution < 1.29 is 52.3 Å². The fourth-order valence-corrected chi connectivity index (χ4v) is 6.54. The van der Waals surface area contributed by atoms with Gasteiger partial charge in [0.2, 0.25) is 0 Å². The first-order chi connectivity index (χ1) is 27.8. The third-order valence-corrected chi connectivity index (χ3v) is 10.5. The van der Waals surface area contributed by atoms with Crippen LogP contribution in [0, 0.1) is 0 Å². The number of aliphatic hydroxyl groups is 2. The summed E-state index contributed by atoms with van der Waals surface area (Å²) < 4.78 is 33.7. The van der Waals surface area contributed by atoms with Gasteiger partial charge in [-0.15, -0.1) is 0 Å². The first-order valence-electron chi connectivity index (χ1n) is 22.5. The molecule has 0 heterocycles. The van der Waals surface area contributed by atoms with Crippen molar-refractivity contribution in [3.8, 4) is 0 Å². The van der Waals surface area contributed by atoms with E-state index in [4.69, 9.17) is 18.5 Å². The zero-order valence-electron chi connectivity index (χ0n) is 37.2. The minimum Gasteiger partial charge on any atom is -0.756 e. The number of phosphoric acid groups is 1. The van der Waals surface area contributed by atoms with Crippen molar-refractivity contribution in [1.29, 1.82) is 0 Å². The molecule has 0 amide bonds. The molecule has 11 nitrogen and oxygen atoms in total. The van der Waals surface area contributed by atoms with Gasteiger partial charge < -0.3 is 38.1 Å². The first-order valence-corrected chi connectivity index (χ1v) is 24.0. The van der Waals surface area contributed by atoms with Crippen molar-refractivity contribution in [3.05, 3.63) is 48.6 Å². The minimum atomic E-state index is -4.68. The number of allylic oxidation sites excluding steroid dienone is 7. The summed E-state index contributed by atoms with van der Waals surface area (Å²) in [5.41, 5.74) is 0. The maximum atomic E-state index is 12.7. The second-order valence-corrected chi connectivity index (χ2v) is 17.8. The molecule has 0 bridgehead atoms. The summed E-state index contributed by atoms with van der Waals surface area (Å²) in [6.07, 6.45) is 36.0. The summed E-state index contributed by atoms with van der Waals surface area (Å²) in [6, 6.07) is 0. The lowest BCUT2D eigenvalue weighted by molar-refractivity contribution is -0.870. The number of ether oxygens (including phenoxy) is 2. The number of esters is 2. The summed E-state index contributed by atoms with van der Waals surface area (Å²) >= 11 is 0. The van der Waals surface area contributed by atoms with Gasteiger partial charge in [-0.25, -0.2) is 0 Å². The highest BCUT2D eigenvalue weighted by atomic mass is 31.2. The summed E-state index contributed by atoms with van der Waals surface area (Å²) in [5, 5.41) is 20.5. The maximum Gasteiger partial charge on any atom is 0.306 e. The molecule has 0 aromatic rings. The molecular weight excluding hydrogens is 757 g/mol. The summed E-state index contributed by atoms with van der Waals surface area (Å²) in [5.74, 6) is -1.01. The van der Waals surface area contributed by atoms with Crippen molar-refractivity contribution in [2.75, 3.05) is 47.5 Å². The zero-order valence-corrected chi connectivity index (χ0v) is 38.1. The van der Waals surface area contributed by atoms with Gasteiger partial charge in [0, 0.05) is 12.8 Å². The Kier molecular flexibility index (Phi) is 36.5. The van der Waals surface area contributed by atoms with E-state index in [1.165, 1.54) is 51.4 Å². The van der Waals surface area contributed by atoms with Crippen molar-refractivity contribution in [2.24, 2.45) is 0 Å². The van der Waals surface area contributed by atoms with Gasteiger partial charge in [-0.05, 0) is 70.6 Å². The van der Waals surface area contributed by atoms with Gasteiger partial charge in [0.15, 0.2) is 6.10 Å². The van der Waals surface area contributed by atoms with E-state index in [-0.39, 0.29) is 26.1 Å². The standard InChI is InChI=1S/C46H84NO10P/c1-6-8-10-12-14-15-16-17-18-19-20-21-22-23-24-28-33-37-46(51)57-42(41-56-58(52,53)55-39-38-47(3,4)5)40-54-45(50)36-32-29-25-27-31-35-44(49)43(48)34-30-26-13-11-9-7-2/h17-18,20-21,23-24,26,30,42-44,48-49H,6-16,19,22,25,27-29,31-41H2,1-5H3/b18-17-,21-20-,24-23-,30-26-/t42-,43-,44-/m1/s1. The van der Waals surface area contributed by atoms with E-state index in [2.05, 4.69) is 50.3 Å². The predicted molar refractivity (Wildman–Crippen MR) is 234 cm³/mol. The van der Waals surface area contributed by atoms with E-state index >= 15 is 0 Å². The van der Waals surface area contributed by atoms with Gasteiger partial charge in [-0.3, -0.25) is 14.2 Å². The van der Waals surface area contributed by atoms with Crippen LogP contribution >= 0.6 is 7.82 Å². The molecule has 2 N–H and O–H groups in total. The molecule has 0 aliphatic rings. The van der Waals surface area contributed by atoms with Gasteiger partial charge in [0.1, 0.15) is 19.8 Å². The highest BCUT2D eigenvalue weighted by Gasteiger charge is 2.22. The summed E-state index contributed by atoms with van der Waals surface area (Å²) in [7, 11) is 1.04. The molecule has 0 radical (unpaired) electrons. The molecule has 0 aliphatic carbocycles. The van der Waals surface area contributed by atoms with Gasteiger partial charge in [-0.2, -0.15) is 0 Å². The third-order valence-electron chi connectivity index (χ3n) is 9.52. The van der Waals surface area contributed by atoms with Gasteiger partial charge in [0.05, 0.1) is 40.0 Å². The van der Waals surface area contributed by atoms with Gasteiger partial charge in [-0.1, -0.05) is 133 Å². The van der Waals surface area contributed by atoms with Crippen LogP contribution in [0.25, 0.3) is 0 Å². The van der Waals surface area contributed by atoms with E-state index in [1.54, 1.807) is 0 Å². The van der Waals surface area contributed by atoms with Crippen molar-refractivity contribution >= 4 is 19.8 Å². The average molecular weight is 842 g/mol. The van der Waals surface area contributed by atoms with Crippen LogP contribution in [0.2, 0.25) is 0 Å². The predicted octanol–water partition coefficient (Wildman–Crippen LogP) is 10.00. The molecule has 0 saturated heterocycles. The number of likely N-dealkylation sites (N-methyl/N-ethyl adjacent to an activating group) is 1. The number of carbonyl (C=O) groups excluding carboxylic acids is 2. The number of phosphoric ester groups is 1. The molecule has 0 aliphatic heterocycles. The lowest BCUT2D eigenvalue weighted by Gasteiger charge is -2.28. The Morgan fingerprint density at radius 3 is 1.79 bits per heavy atom. The smallest absolute Gasteiger partial charge is 0.306 e. The van der Waals surface area contributed by atoms with Crippen molar-refractivity contribution in [2.45, 2.75) is 186 Å². The first kappa shape index (κ1) is 55.9. The monoisotopic (exact) mass is 842 g/mol. The van der Waals surface area contributed by atoms with Gasteiger partial charge in [0.25, 0.3) is 7.82 Å². The Balaban J connectivity index is 4.56. The highest BCUT2D eigenvalue weighted by Crippen LogP contribution is 2.38. The molecule has 0 saturated carbocycles. The van der Waals surface area contributed by atoms with E-state index in [0.29, 0.717) is 43.1 Å². The number of hydrogen-bond donors (Lipinski definition) is 2. The van der Waals surface area contributed by atoms with E-state index in [9.17, 15) is 29.3 Å². The quantitative estimate of drug-likeness (QED) is 0.0201. The van der Waals surface area contributed by atoms with E-state index in [0.717, 1.165) is 57.8 Å². The Morgan fingerprint density at radius 1 is 0.621 bits per heavy atom. The molecule has 4 atom stereocenters. The largest absolute Gasteiger partial charge is 0.756 e. The Hall–Kier alpha value is -2.11. The molecule has 58 heavy (non-hydrogen) atoms. The average Bonchev–Trinajstić information content (AvgIpc) is 3.17. The molecule has 0 fully saturated rings. The molecule has 0 rings (SSSR count). The fraction of sp³-hybridized carbons (Fsp3) is 0.783. The molecule has 0 aromatic heterocycles. The number of rotatable bonds is 40. The van der Waals surface area contributed by atoms with Crippen LogP contribution in [0.15, 0.2) is 48.6 Å².